The number of ether oxygens (including phenoxy) is 1. The number of nitrogens with one attached hydrogen (secondary N) is 1. The minimum absolute atomic E-state index is 0.0956. The summed E-state index contributed by atoms with van der Waals surface area (Å²) in [5, 5.41) is 10.5. The topological polar surface area (TPSA) is 167 Å². The predicted octanol–water partition coefficient (Wildman–Crippen LogP) is 3.29. The van der Waals surface area contributed by atoms with Crippen molar-refractivity contribution in [3.8, 4) is 29.0 Å². The molecular formula is C28H27N9O4. The van der Waals surface area contributed by atoms with E-state index in [1.807, 2.05) is 30.0 Å². The van der Waals surface area contributed by atoms with E-state index in [0.717, 1.165) is 18.7 Å². The lowest BCUT2D eigenvalue weighted by Gasteiger charge is -2.15. The van der Waals surface area contributed by atoms with Gasteiger partial charge >= 0.3 is 0 Å². The zero-order valence-electron chi connectivity index (χ0n) is 22.3. The summed E-state index contributed by atoms with van der Waals surface area (Å²) in [6.45, 7) is 3.80. The first-order valence-electron chi connectivity index (χ1n) is 13.2. The summed E-state index contributed by atoms with van der Waals surface area (Å²) >= 11 is 0. The van der Waals surface area contributed by atoms with Gasteiger partial charge in [0.2, 0.25) is 11.8 Å². The van der Waals surface area contributed by atoms with E-state index in [-0.39, 0.29) is 29.2 Å². The largest absolute Gasteiger partial charge is 0.439 e. The smallest absolute Gasteiger partial charge is 0.251 e. The maximum atomic E-state index is 12.7. The van der Waals surface area contributed by atoms with Crippen LogP contribution in [0.2, 0.25) is 0 Å². The number of nitrogens with two attached hydrogens (primary N) is 1. The monoisotopic (exact) mass is 553 g/mol. The molecule has 1 aliphatic heterocycles. The molecule has 0 spiro atoms. The molecule has 0 radical (unpaired) electrons. The quantitative estimate of drug-likeness (QED) is 0.258. The van der Waals surface area contributed by atoms with Gasteiger partial charge < -0.3 is 20.7 Å². The molecular weight excluding hydrogens is 526 g/mol. The third-order valence-electron chi connectivity index (χ3n) is 6.72. The Labute approximate surface area is 234 Å². The Balaban J connectivity index is 1.23. The normalized spacial score (nSPS) is 13.2. The van der Waals surface area contributed by atoms with E-state index in [9.17, 15) is 9.59 Å². The number of aryl methyl sites for hydroxylation is 1. The van der Waals surface area contributed by atoms with Crippen LogP contribution in [0.15, 0.2) is 59.4 Å². The van der Waals surface area contributed by atoms with Crippen LogP contribution in [0, 0.1) is 6.92 Å². The number of likely N-dealkylation sites (tertiary alicyclic amines) is 1. The van der Waals surface area contributed by atoms with Crippen LogP contribution >= 0.6 is 0 Å². The number of fused-ring (bicyclic) bond motifs is 1. The fourth-order valence-corrected chi connectivity index (χ4v) is 4.75. The molecule has 0 aliphatic carbocycles. The van der Waals surface area contributed by atoms with Gasteiger partial charge in [0, 0.05) is 43.4 Å². The highest BCUT2D eigenvalue weighted by Gasteiger charge is 2.22. The van der Waals surface area contributed by atoms with Gasteiger partial charge in [-0.15, -0.1) is 0 Å². The molecule has 1 saturated heterocycles. The van der Waals surface area contributed by atoms with Crippen molar-refractivity contribution in [3.63, 3.8) is 0 Å². The molecule has 3 N–H and O–H groups in total. The summed E-state index contributed by atoms with van der Waals surface area (Å²) in [5.74, 6) is 1.77. The number of hydrogen-bond donors (Lipinski definition) is 2. The van der Waals surface area contributed by atoms with Gasteiger partial charge in [0.1, 0.15) is 17.1 Å². The second-order valence-electron chi connectivity index (χ2n) is 9.64. The molecule has 13 heteroatoms. The van der Waals surface area contributed by atoms with Gasteiger partial charge in [0.15, 0.2) is 17.3 Å². The van der Waals surface area contributed by atoms with Crippen molar-refractivity contribution in [1.29, 1.82) is 0 Å². The molecule has 208 valence electrons. The van der Waals surface area contributed by atoms with Crippen LogP contribution in [-0.4, -0.2) is 66.2 Å². The molecule has 41 heavy (non-hydrogen) atoms. The fraction of sp³-hybridized carbons (Fsp3) is 0.250. The molecule has 13 nitrogen and oxygen atoms in total. The molecule has 5 aromatic rings. The molecule has 2 amide bonds. The van der Waals surface area contributed by atoms with Crippen molar-refractivity contribution in [2.24, 2.45) is 0 Å². The number of benzene rings is 1. The molecule has 1 aromatic carbocycles. The number of nitrogens with zero attached hydrogens (tertiary/aromatic N) is 7. The van der Waals surface area contributed by atoms with E-state index < -0.39 is 0 Å². The summed E-state index contributed by atoms with van der Waals surface area (Å²) in [6, 6.07) is 14.2. The Hall–Kier alpha value is -5.33. The van der Waals surface area contributed by atoms with Crippen LogP contribution < -0.4 is 15.8 Å². The van der Waals surface area contributed by atoms with Gasteiger partial charge in [0.05, 0.1) is 11.7 Å². The summed E-state index contributed by atoms with van der Waals surface area (Å²) < 4.78 is 12.7. The molecule has 4 aromatic heterocycles. The zero-order chi connectivity index (χ0) is 28.3. The van der Waals surface area contributed by atoms with Crippen LogP contribution in [0.1, 0.15) is 35.3 Å². The summed E-state index contributed by atoms with van der Waals surface area (Å²) in [5.41, 5.74) is 8.73. The molecule has 6 rings (SSSR count). The van der Waals surface area contributed by atoms with Gasteiger partial charge in [-0.3, -0.25) is 14.2 Å². The maximum Gasteiger partial charge on any atom is 0.251 e. The maximum absolute atomic E-state index is 12.7. The molecule has 0 unspecified atom stereocenters. The third kappa shape index (κ3) is 5.41. The summed E-state index contributed by atoms with van der Waals surface area (Å²) in [6.07, 6.45) is 3.78. The number of carbonyl (C=O) groups excluding carboxylic acids is 2. The Bertz CT molecular complexity index is 1750. The number of hydrogen-bond acceptors (Lipinski definition) is 10. The molecule has 5 heterocycles. The second kappa shape index (κ2) is 11.0. The molecule has 1 aliphatic rings. The number of anilines is 1. The number of amides is 2. The number of carbonyl (C=O) groups is 2. The SMILES string of the molecule is Cc1cccc(-n2c(-c3nonc3N)nc3cnc(Oc4cccc(C(=O)NCCCN5CCCC5=O)c4)cc32)n1. The van der Waals surface area contributed by atoms with Gasteiger partial charge in [-0.1, -0.05) is 12.1 Å². The predicted molar refractivity (Wildman–Crippen MR) is 148 cm³/mol. The van der Waals surface area contributed by atoms with Crippen molar-refractivity contribution >= 4 is 28.7 Å². The average Bonchev–Trinajstić information content (AvgIpc) is 3.68. The minimum Gasteiger partial charge on any atom is -0.439 e. The first kappa shape index (κ1) is 25.9. The Morgan fingerprint density at radius 3 is 2.80 bits per heavy atom. The summed E-state index contributed by atoms with van der Waals surface area (Å²) in [4.78, 5) is 40.1. The molecule has 0 atom stereocenters. The number of aromatic nitrogens is 6. The first-order valence-corrected chi connectivity index (χ1v) is 13.2. The lowest BCUT2D eigenvalue weighted by Crippen LogP contribution is -2.30. The highest BCUT2D eigenvalue weighted by atomic mass is 16.6. The minimum atomic E-state index is -0.223. The van der Waals surface area contributed by atoms with Crippen LogP contribution in [0.25, 0.3) is 28.4 Å². The van der Waals surface area contributed by atoms with Crippen molar-refractivity contribution < 1.29 is 19.0 Å². The van der Waals surface area contributed by atoms with E-state index in [0.29, 0.717) is 59.9 Å². The first-order chi connectivity index (χ1) is 20.0. The second-order valence-corrected chi connectivity index (χ2v) is 9.64. The van der Waals surface area contributed by atoms with Crippen LogP contribution in [0.3, 0.4) is 0 Å². The van der Waals surface area contributed by atoms with Crippen molar-refractivity contribution in [2.75, 3.05) is 25.4 Å². The van der Waals surface area contributed by atoms with Crippen LogP contribution in [0.4, 0.5) is 5.82 Å². The Morgan fingerprint density at radius 2 is 2.02 bits per heavy atom. The standard InChI is InChI=1S/C28H27N9O4/c1-17-6-2-9-22(32-17)37-21-15-23(31-16-20(21)33-27(37)25-26(29)35-41-34-25)40-19-8-3-7-18(14-19)28(39)30-11-5-13-36-12-4-10-24(36)38/h2-3,6-9,14-16H,4-5,10-13H2,1H3,(H2,29,35)(H,30,39). The number of pyridine rings is 2. The average molecular weight is 554 g/mol. The Morgan fingerprint density at radius 1 is 1.15 bits per heavy atom. The van der Waals surface area contributed by atoms with Gasteiger partial charge in [-0.05, 0) is 60.4 Å². The zero-order valence-corrected chi connectivity index (χ0v) is 22.3. The number of imidazole rings is 1. The highest BCUT2D eigenvalue weighted by molar-refractivity contribution is 5.94. The molecule has 0 saturated carbocycles. The lowest BCUT2D eigenvalue weighted by molar-refractivity contribution is -0.127. The molecule has 0 bridgehead atoms. The van der Waals surface area contributed by atoms with Gasteiger partial charge in [-0.2, -0.15) is 0 Å². The van der Waals surface area contributed by atoms with E-state index in [1.54, 1.807) is 41.1 Å². The van der Waals surface area contributed by atoms with E-state index in [2.05, 4.69) is 30.6 Å². The highest BCUT2D eigenvalue weighted by Crippen LogP contribution is 2.31. The summed E-state index contributed by atoms with van der Waals surface area (Å²) in [7, 11) is 0. The van der Waals surface area contributed by atoms with Crippen molar-refractivity contribution in [3.05, 3.63) is 66.0 Å². The van der Waals surface area contributed by atoms with E-state index in [4.69, 9.17) is 15.1 Å². The van der Waals surface area contributed by atoms with Crippen LogP contribution in [-0.2, 0) is 4.79 Å². The number of nitrogen functional groups attached to an aromatic ring is 1. The Kier molecular flexibility index (Phi) is 6.98. The van der Waals surface area contributed by atoms with Crippen LogP contribution in [0.5, 0.6) is 11.6 Å². The van der Waals surface area contributed by atoms with E-state index >= 15 is 0 Å². The van der Waals surface area contributed by atoms with E-state index in [1.165, 1.54) is 0 Å². The third-order valence-corrected chi connectivity index (χ3v) is 6.72. The fourth-order valence-electron chi connectivity index (χ4n) is 4.75. The van der Waals surface area contributed by atoms with Gasteiger partial charge in [-0.25, -0.2) is 19.6 Å². The number of rotatable bonds is 9. The lowest BCUT2D eigenvalue weighted by atomic mass is 10.2. The van der Waals surface area contributed by atoms with Crippen molar-refractivity contribution in [2.45, 2.75) is 26.2 Å². The van der Waals surface area contributed by atoms with Crippen molar-refractivity contribution in [1.82, 2.24) is 40.0 Å². The molecule has 1 fully saturated rings. The van der Waals surface area contributed by atoms with Gasteiger partial charge in [0.25, 0.3) is 5.91 Å².